The first-order valence-corrected chi connectivity index (χ1v) is 21.3. The van der Waals surface area contributed by atoms with E-state index in [0.717, 1.165) is 27.1 Å². The van der Waals surface area contributed by atoms with Crippen molar-refractivity contribution in [2.75, 3.05) is 6.61 Å². The van der Waals surface area contributed by atoms with E-state index in [0.29, 0.717) is 0 Å². The molecule has 10 heteroatoms. The fraction of sp³-hybridized carbons (Fsp3) is 0.319. The maximum Gasteiger partial charge on any atom is 0.410 e. The number of Topliss-reactive ketones (excluding diaryl/α,β-unsaturated/α-hetero) is 1. The van der Waals surface area contributed by atoms with Crippen LogP contribution in [-0.4, -0.2) is 78.4 Å². The molecule has 1 aliphatic rings. The van der Waals surface area contributed by atoms with E-state index < -0.39 is 61.7 Å². The van der Waals surface area contributed by atoms with Gasteiger partial charge in [0.2, 0.25) is 0 Å². The molecular formula is C47H53NO8Si. The van der Waals surface area contributed by atoms with Gasteiger partial charge in [-0.3, -0.25) is 9.69 Å². The summed E-state index contributed by atoms with van der Waals surface area (Å²) in [4.78, 5) is 28.8. The van der Waals surface area contributed by atoms with E-state index in [2.05, 4.69) is 45.0 Å². The van der Waals surface area contributed by atoms with Crippen LogP contribution < -0.4 is 10.4 Å². The Balaban J connectivity index is 1.49. The standard InChI is InChI=1S/C47H53NO8Si/c1-34(49)42(50)43(51)41-45(54-31-36-22-12-6-13-23-36)44(53-30-35-20-10-5-11-21-35)40(48(41)46(52)55-32-37-24-14-7-15-25-37)33-56-57(47(2,3)4,38-26-16-8-17-27-38)39-28-18-9-19-29-39/h5-29,40-45,50-51H,30-33H2,1-4H3/t40-,41-,42+,43+,44-,45-/m1/s1. The van der Waals surface area contributed by atoms with Crippen LogP contribution in [0.25, 0.3) is 0 Å². The second-order valence-electron chi connectivity index (χ2n) is 15.5. The molecule has 0 aliphatic carbocycles. The van der Waals surface area contributed by atoms with E-state index in [1.807, 2.05) is 127 Å². The highest BCUT2D eigenvalue weighted by atomic mass is 28.4. The van der Waals surface area contributed by atoms with Crippen LogP contribution in [0.5, 0.6) is 0 Å². The second-order valence-corrected chi connectivity index (χ2v) is 19.9. The summed E-state index contributed by atoms with van der Waals surface area (Å²) in [5, 5.41) is 24.9. The van der Waals surface area contributed by atoms with Gasteiger partial charge in [0.15, 0.2) is 5.78 Å². The molecule has 298 valence electrons. The fourth-order valence-electron chi connectivity index (χ4n) is 7.87. The quantitative estimate of drug-likeness (QED) is 0.110. The van der Waals surface area contributed by atoms with Gasteiger partial charge >= 0.3 is 6.09 Å². The average Bonchev–Trinajstić information content (AvgIpc) is 3.55. The van der Waals surface area contributed by atoms with E-state index in [1.165, 1.54) is 11.8 Å². The molecule has 5 aromatic rings. The number of hydrogen-bond donors (Lipinski definition) is 2. The van der Waals surface area contributed by atoms with Crippen LogP contribution in [0.3, 0.4) is 0 Å². The number of hydrogen-bond acceptors (Lipinski definition) is 8. The minimum absolute atomic E-state index is 0.0439. The fourth-order valence-corrected chi connectivity index (χ4v) is 12.4. The van der Waals surface area contributed by atoms with Gasteiger partial charge in [-0.25, -0.2) is 4.79 Å². The van der Waals surface area contributed by atoms with Crippen molar-refractivity contribution in [2.24, 2.45) is 0 Å². The molecule has 2 N–H and O–H groups in total. The van der Waals surface area contributed by atoms with Crippen LogP contribution in [-0.2, 0) is 43.3 Å². The third-order valence-electron chi connectivity index (χ3n) is 10.7. The first-order chi connectivity index (χ1) is 27.5. The Hall–Kier alpha value is -4.94. The lowest BCUT2D eigenvalue weighted by atomic mass is 9.97. The number of aliphatic hydroxyl groups excluding tert-OH is 2. The Morgan fingerprint density at radius 3 is 1.46 bits per heavy atom. The molecule has 0 radical (unpaired) electrons. The van der Waals surface area contributed by atoms with E-state index in [9.17, 15) is 19.8 Å². The zero-order valence-corrected chi connectivity index (χ0v) is 34.0. The number of rotatable bonds is 16. The van der Waals surface area contributed by atoms with Crippen molar-refractivity contribution in [1.82, 2.24) is 4.90 Å². The summed E-state index contributed by atoms with van der Waals surface area (Å²) < 4.78 is 27.0. The summed E-state index contributed by atoms with van der Waals surface area (Å²) in [5.74, 6) is -0.657. The van der Waals surface area contributed by atoms with E-state index >= 15 is 0 Å². The van der Waals surface area contributed by atoms with Gasteiger partial charge in [-0.15, -0.1) is 0 Å². The van der Waals surface area contributed by atoms with E-state index in [1.54, 1.807) is 0 Å². The number of nitrogens with zero attached hydrogens (tertiary/aromatic N) is 1. The predicted molar refractivity (Wildman–Crippen MR) is 222 cm³/mol. The lowest BCUT2D eigenvalue weighted by molar-refractivity contribution is -0.138. The normalized spacial score (nSPS) is 19.5. The maximum atomic E-state index is 14.7. The number of aliphatic hydroxyl groups is 2. The number of ether oxygens (including phenoxy) is 3. The third-order valence-corrected chi connectivity index (χ3v) is 15.7. The molecule has 57 heavy (non-hydrogen) atoms. The average molecular weight is 788 g/mol. The molecule has 1 fully saturated rings. The van der Waals surface area contributed by atoms with E-state index in [4.69, 9.17) is 18.6 Å². The van der Waals surface area contributed by atoms with Crippen molar-refractivity contribution >= 4 is 30.6 Å². The van der Waals surface area contributed by atoms with Gasteiger partial charge in [-0.2, -0.15) is 0 Å². The van der Waals surface area contributed by atoms with Gasteiger partial charge in [-0.1, -0.05) is 172 Å². The Kier molecular flexibility index (Phi) is 13.9. The van der Waals surface area contributed by atoms with Crippen molar-refractivity contribution in [3.8, 4) is 0 Å². The molecule has 0 saturated carbocycles. The number of ketones is 1. The summed E-state index contributed by atoms with van der Waals surface area (Å²) >= 11 is 0. The maximum absolute atomic E-state index is 14.7. The number of benzene rings is 5. The number of carbonyl (C=O) groups is 2. The largest absolute Gasteiger partial charge is 0.445 e. The van der Waals surface area contributed by atoms with Crippen LogP contribution in [0.1, 0.15) is 44.4 Å². The summed E-state index contributed by atoms with van der Waals surface area (Å²) in [5.41, 5.74) is 2.50. The van der Waals surface area contributed by atoms with Crippen molar-refractivity contribution in [3.05, 3.63) is 168 Å². The first kappa shape index (κ1) is 41.7. The molecule has 0 spiro atoms. The van der Waals surface area contributed by atoms with Crippen molar-refractivity contribution in [1.29, 1.82) is 0 Å². The molecule has 1 aliphatic heterocycles. The number of amides is 1. The predicted octanol–water partition coefficient (Wildman–Crippen LogP) is 6.43. The van der Waals surface area contributed by atoms with Crippen LogP contribution in [0.4, 0.5) is 4.79 Å². The molecule has 1 saturated heterocycles. The highest BCUT2D eigenvalue weighted by molar-refractivity contribution is 6.99. The molecule has 1 amide bonds. The summed E-state index contributed by atoms with van der Waals surface area (Å²) in [7, 11) is -3.19. The molecule has 1 heterocycles. The highest BCUT2D eigenvalue weighted by Crippen LogP contribution is 2.40. The summed E-state index contributed by atoms with van der Waals surface area (Å²) in [6, 6.07) is 46.7. The molecule has 6 rings (SSSR count). The summed E-state index contributed by atoms with van der Waals surface area (Å²) in [6.45, 7) is 7.87. The Morgan fingerprint density at radius 1 is 0.632 bits per heavy atom. The highest BCUT2D eigenvalue weighted by Gasteiger charge is 2.59. The third kappa shape index (κ3) is 9.61. The van der Waals surface area contributed by atoms with Crippen LogP contribution >= 0.6 is 0 Å². The lowest BCUT2D eigenvalue weighted by Gasteiger charge is -2.44. The Bertz CT molecular complexity index is 1960. The SMILES string of the molecule is CC(=O)[C@H](O)[C@@H](O)[C@@H]1[C@@H](OCc2ccccc2)[C@H](OCc2ccccc2)[C@@H](CO[Si](c2ccccc2)(c2ccccc2)C(C)(C)C)N1C(=O)OCc1ccccc1. The van der Waals surface area contributed by atoms with Gasteiger partial charge in [0.1, 0.15) is 31.0 Å². The zero-order valence-electron chi connectivity index (χ0n) is 33.0. The van der Waals surface area contributed by atoms with Crippen molar-refractivity contribution in [3.63, 3.8) is 0 Å². The molecule has 0 bridgehead atoms. The molecular weight excluding hydrogens is 735 g/mol. The van der Waals surface area contributed by atoms with Gasteiger partial charge in [0.25, 0.3) is 8.32 Å². The topological polar surface area (TPSA) is 115 Å². The van der Waals surface area contributed by atoms with Gasteiger partial charge < -0.3 is 28.8 Å². The zero-order chi connectivity index (χ0) is 40.4. The van der Waals surface area contributed by atoms with Gasteiger partial charge in [-0.05, 0) is 39.0 Å². The van der Waals surface area contributed by atoms with Gasteiger partial charge in [0.05, 0.1) is 31.9 Å². The minimum Gasteiger partial charge on any atom is -0.445 e. The summed E-state index contributed by atoms with van der Waals surface area (Å²) in [6.07, 6.45) is -6.29. The van der Waals surface area contributed by atoms with Crippen molar-refractivity contribution in [2.45, 2.75) is 89.1 Å². The molecule has 0 unspecified atom stereocenters. The monoisotopic (exact) mass is 787 g/mol. The number of carbonyl (C=O) groups excluding carboxylic acids is 2. The lowest BCUT2D eigenvalue weighted by Crippen LogP contribution is -2.67. The molecule has 5 aromatic carbocycles. The van der Waals surface area contributed by atoms with Crippen LogP contribution in [0.15, 0.2) is 152 Å². The number of likely N-dealkylation sites (tertiary alicyclic amines) is 1. The Morgan fingerprint density at radius 2 is 1.04 bits per heavy atom. The first-order valence-electron chi connectivity index (χ1n) is 19.4. The molecule has 6 atom stereocenters. The Labute approximate surface area is 336 Å². The molecule has 0 aromatic heterocycles. The smallest absolute Gasteiger partial charge is 0.410 e. The second kappa shape index (κ2) is 19.0. The van der Waals surface area contributed by atoms with E-state index in [-0.39, 0.29) is 26.4 Å². The van der Waals surface area contributed by atoms with Crippen molar-refractivity contribution < 1.29 is 38.4 Å². The van der Waals surface area contributed by atoms with Crippen LogP contribution in [0.2, 0.25) is 5.04 Å². The van der Waals surface area contributed by atoms with Gasteiger partial charge in [0, 0.05) is 0 Å². The molecule has 9 nitrogen and oxygen atoms in total. The van der Waals surface area contributed by atoms with Crippen LogP contribution in [0, 0.1) is 0 Å². The minimum atomic E-state index is -3.19.